The number of rotatable bonds is 18. The average molecular weight is 603 g/mol. The first-order valence-corrected chi connectivity index (χ1v) is 14.3. The fraction of sp³-hybridized carbons (Fsp3) is 0.900. The van der Waals surface area contributed by atoms with Gasteiger partial charge in [0.05, 0.1) is 0 Å². The van der Waals surface area contributed by atoms with Gasteiger partial charge in [-0.25, -0.2) is 0 Å². The Balaban J connectivity index is -0.000000218. The zero-order valence-electron chi connectivity index (χ0n) is 25.6. The fourth-order valence-electron chi connectivity index (χ4n) is 3.73. The standard InChI is InChI=1S/3C10H20O2.Y/c1-4-5-6-7-8-10(2,3)9(11)12;1-4-6-7-8-10(3,5-2)9(11)12;1-4-6-8-10(3,7-5-2)9(11)12;/h3*4-8H2,1-3H3,(H,11,12);/q;;;+3/p-3. The van der Waals surface area contributed by atoms with E-state index in [1.807, 2.05) is 13.8 Å². The molecule has 2 atom stereocenters. The van der Waals surface area contributed by atoms with Crippen LogP contribution in [-0.4, -0.2) is 17.9 Å². The molecule has 0 spiro atoms. The molecule has 0 rings (SSSR count). The minimum Gasteiger partial charge on any atom is -0.550 e. The summed E-state index contributed by atoms with van der Waals surface area (Å²) < 4.78 is 0. The summed E-state index contributed by atoms with van der Waals surface area (Å²) in [6.45, 7) is 17.3. The monoisotopic (exact) mass is 602 g/mol. The molecule has 0 bridgehead atoms. The number of carbonyl (C=O) groups excluding carboxylic acids is 3. The maximum atomic E-state index is 10.8. The van der Waals surface area contributed by atoms with E-state index in [0.717, 1.165) is 77.0 Å². The number of carbonyl (C=O) groups is 3. The van der Waals surface area contributed by atoms with Gasteiger partial charge in [-0.05, 0) is 32.1 Å². The van der Waals surface area contributed by atoms with E-state index in [-0.39, 0.29) is 32.7 Å². The Labute approximate surface area is 254 Å². The minimum absolute atomic E-state index is 0. The van der Waals surface area contributed by atoms with Gasteiger partial charge in [-0.3, -0.25) is 0 Å². The summed E-state index contributed by atoms with van der Waals surface area (Å²) in [6, 6.07) is 0. The Hall–Kier alpha value is -0.486. The van der Waals surface area contributed by atoms with Crippen LogP contribution in [0.3, 0.4) is 0 Å². The van der Waals surface area contributed by atoms with Crippen molar-refractivity contribution in [3.63, 3.8) is 0 Å². The second kappa shape index (κ2) is 24.5. The predicted molar refractivity (Wildman–Crippen MR) is 143 cm³/mol. The van der Waals surface area contributed by atoms with Crippen LogP contribution in [0.5, 0.6) is 0 Å². The van der Waals surface area contributed by atoms with Crippen molar-refractivity contribution in [1.29, 1.82) is 0 Å². The van der Waals surface area contributed by atoms with E-state index in [1.165, 1.54) is 12.8 Å². The molecule has 0 aliphatic heterocycles. The molecule has 0 heterocycles. The van der Waals surface area contributed by atoms with Crippen LogP contribution in [0, 0.1) is 16.2 Å². The number of carboxylic acids is 3. The molecule has 7 heteroatoms. The molecule has 216 valence electrons. The second-order valence-corrected chi connectivity index (χ2v) is 11.3. The summed E-state index contributed by atoms with van der Waals surface area (Å²) in [7, 11) is 0. The Morgan fingerprint density at radius 3 is 1.24 bits per heavy atom. The average Bonchev–Trinajstić information content (AvgIpc) is 2.81. The van der Waals surface area contributed by atoms with Crippen molar-refractivity contribution in [3.8, 4) is 0 Å². The van der Waals surface area contributed by atoms with Crippen LogP contribution in [0.25, 0.3) is 0 Å². The molecular weight excluding hydrogens is 545 g/mol. The molecular formula is C30H57O6Y. The number of unbranched alkanes of at least 4 members (excludes halogenated alkanes) is 6. The Morgan fingerprint density at radius 1 is 0.486 bits per heavy atom. The summed E-state index contributed by atoms with van der Waals surface area (Å²) in [5.74, 6) is -2.72. The van der Waals surface area contributed by atoms with Crippen molar-refractivity contribution in [2.24, 2.45) is 16.2 Å². The van der Waals surface area contributed by atoms with Gasteiger partial charge < -0.3 is 29.7 Å². The molecule has 0 radical (unpaired) electrons. The molecule has 0 amide bonds. The normalized spacial score (nSPS) is 13.9. The van der Waals surface area contributed by atoms with E-state index < -0.39 is 34.2 Å². The predicted octanol–water partition coefficient (Wildman–Crippen LogP) is 5.20. The molecule has 37 heavy (non-hydrogen) atoms. The van der Waals surface area contributed by atoms with Crippen LogP contribution in [-0.2, 0) is 47.1 Å². The maximum absolute atomic E-state index is 10.8. The third-order valence-corrected chi connectivity index (χ3v) is 7.19. The van der Waals surface area contributed by atoms with Gasteiger partial charge in [-0.15, -0.1) is 0 Å². The van der Waals surface area contributed by atoms with E-state index in [9.17, 15) is 29.7 Å². The maximum Gasteiger partial charge on any atom is 3.00 e. The summed E-state index contributed by atoms with van der Waals surface area (Å²) in [5, 5.41) is 32.1. The fourth-order valence-corrected chi connectivity index (χ4v) is 3.73. The zero-order valence-corrected chi connectivity index (χ0v) is 28.5. The molecule has 0 aromatic carbocycles. The van der Waals surface area contributed by atoms with Crippen LogP contribution >= 0.6 is 0 Å². The SMILES string of the molecule is CCCCC(C)(CCC)C(=O)[O-].CCCCCC(C)(CC)C(=O)[O-].CCCCCCC(C)(C)C(=O)[O-].[Y+3]. The first kappa shape index (κ1) is 43.6. The van der Waals surface area contributed by atoms with Crippen molar-refractivity contribution in [1.82, 2.24) is 0 Å². The molecule has 0 saturated carbocycles. The molecule has 0 aromatic heterocycles. The smallest absolute Gasteiger partial charge is 0.550 e. The zero-order chi connectivity index (χ0) is 28.8. The minimum atomic E-state index is -0.931. The van der Waals surface area contributed by atoms with Crippen molar-refractivity contribution >= 4 is 17.9 Å². The summed E-state index contributed by atoms with van der Waals surface area (Å²) in [4.78, 5) is 32.1. The van der Waals surface area contributed by atoms with E-state index in [4.69, 9.17) is 0 Å². The van der Waals surface area contributed by atoms with Crippen molar-refractivity contribution in [2.75, 3.05) is 0 Å². The number of aliphatic carboxylic acids is 3. The molecule has 0 aliphatic carbocycles. The first-order valence-electron chi connectivity index (χ1n) is 14.3. The Bertz CT molecular complexity index is 593. The van der Waals surface area contributed by atoms with Crippen LogP contribution in [0.1, 0.15) is 159 Å². The van der Waals surface area contributed by atoms with Gasteiger partial charge in [0.2, 0.25) is 0 Å². The van der Waals surface area contributed by atoms with E-state index >= 15 is 0 Å². The Kier molecular flexibility index (Phi) is 28.9. The molecule has 0 aliphatic rings. The van der Waals surface area contributed by atoms with E-state index in [1.54, 1.807) is 27.7 Å². The van der Waals surface area contributed by atoms with Crippen molar-refractivity contribution in [3.05, 3.63) is 0 Å². The third kappa shape index (κ3) is 22.1. The molecule has 0 saturated heterocycles. The molecule has 0 N–H and O–H groups in total. The number of hydrogen-bond donors (Lipinski definition) is 0. The molecule has 6 nitrogen and oxygen atoms in total. The largest absolute Gasteiger partial charge is 3.00 e. The second-order valence-electron chi connectivity index (χ2n) is 11.3. The third-order valence-electron chi connectivity index (χ3n) is 7.19. The van der Waals surface area contributed by atoms with Gasteiger partial charge in [0.1, 0.15) is 0 Å². The molecule has 2 unspecified atom stereocenters. The van der Waals surface area contributed by atoms with Gasteiger partial charge in [-0.2, -0.15) is 0 Å². The van der Waals surface area contributed by atoms with E-state index in [2.05, 4.69) is 20.8 Å². The van der Waals surface area contributed by atoms with Crippen LogP contribution in [0.4, 0.5) is 0 Å². The molecule has 0 aromatic rings. The van der Waals surface area contributed by atoms with Gasteiger partial charge in [0.15, 0.2) is 0 Å². The quantitative estimate of drug-likeness (QED) is 0.199. The summed E-state index contributed by atoms with van der Waals surface area (Å²) in [6.07, 6.45) is 14.3. The number of hydrogen-bond acceptors (Lipinski definition) is 6. The van der Waals surface area contributed by atoms with Crippen LogP contribution in [0.2, 0.25) is 0 Å². The van der Waals surface area contributed by atoms with Crippen LogP contribution in [0.15, 0.2) is 0 Å². The number of carboxylic acid groups (broad SMARTS) is 3. The van der Waals surface area contributed by atoms with Gasteiger partial charge in [0, 0.05) is 34.2 Å². The van der Waals surface area contributed by atoms with E-state index in [0.29, 0.717) is 6.42 Å². The van der Waals surface area contributed by atoms with Crippen molar-refractivity contribution < 1.29 is 62.4 Å². The van der Waals surface area contributed by atoms with Gasteiger partial charge in [-0.1, -0.05) is 127 Å². The van der Waals surface area contributed by atoms with Crippen LogP contribution < -0.4 is 15.3 Å². The summed E-state index contributed by atoms with van der Waals surface area (Å²) >= 11 is 0. The summed E-state index contributed by atoms with van der Waals surface area (Å²) in [5.41, 5.74) is -1.84. The topological polar surface area (TPSA) is 120 Å². The Morgan fingerprint density at radius 2 is 0.892 bits per heavy atom. The van der Waals surface area contributed by atoms with Crippen molar-refractivity contribution in [2.45, 2.75) is 159 Å². The molecule has 0 fully saturated rings. The van der Waals surface area contributed by atoms with Gasteiger partial charge in [0.25, 0.3) is 0 Å². The van der Waals surface area contributed by atoms with Gasteiger partial charge >= 0.3 is 32.7 Å². The first-order chi connectivity index (χ1) is 16.6.